The summed E-state index contributed by atoms with van der Waals surface area (Å²) in [6.07, 6.45) is 4.30. The van der Waals surface area contributed by atoms with Crippen molar-refractivity contribution in [2.24, 2.45) is 0 Å². The zero-order chi connectivity index (χ0) is 17.6. The molecule has 0 unspecified atom stereocenters. The van der Waals surface area contributed by atoms with Crippen LogP contribution in [0, 0.1) is 10.1 Å². The molecule has 1 fully saturated rings. The summed E-state index contributed by atoms with van der Waals surface area (Å²) in [5, 5.41) is 20.6. The number of nitro groups is 1. The molecule has 2 aromatic rings. The fourth-order valence-electron chi connectivity index (χ4n) is 2.66. The fraction of sp³-hybridized carbons (Fsp3) is 0.400. The summed E-state index contributed by atoms with van der Waals surface area (Å²) in [5.74, 6) is 0.492. The zero-order valence-corrected chi connectivity index (χ0v) is 13.5. The van der Waals surface area contributed by atoms with Crippen molar-refractivity contribution in [1.82, 2.24) is 19.9 Å². The van der Waals surface area contributed by atoms with Crippen molar-refractivity contribution in [2.75, 3.05) is 44.2 Å². The molecule has 3 rings (SSSR count). The summed E-state index contributed by atoms with van der Waals surface area (Å²) in [5.41, 5.74) is -0.262. The van der Waals surface area contributed by atoms with E-state index in [1.54, 1.807) is 18.3 Å². The Bertz CT molecular complexity index is 721. The number of piperazine rings is 1. The third-order valence-corrected chi connectivity index (χ3v) is 3.89. The van der Waals surface area contributed by atoms with Crippen LogP contribution in [0.1, 0.15) is 0 Å². The molecular formula is C15H18N6O4. The normalized spacial score (nSPS) is 15.2. The maximum Gasteiger partial charge on any atom is 0.373 e. The Morgan fingerprint density at radius 2 is 2.08 bits per heavy atom. The molecule has 0 aliphatic carbocycles. The first-order valence-electron chi connectivity index (χ1n) is 7.84. The number of aliphatic hydroxyl groups is 1. The van der Waals surface area contributed by atoms with Gasteiger partial charge in [0.05, 0.1) is 17.7 Å². The van der Waals surface area contributed by atoms with Crippen molar-refractivity contribution >= 4 is 11.5 Å². The van der Waals surface area contributed by atoms with Crippen LogP contribution >= 0.6 is 0 Å². The van der Waals surface area contributed by atoms with Gasteiger partial charge in [-0.1, -0.05) is 0 Å². The zero-order valence-electron chi connectivity index (χ0n) is 13.5. The number of hydrogen-bond acceptors (Lipinski definition) is 9. The van der Waals surface area contributed by atoms with Crippen LogP contribution in [0.25, 0.3) is 0 Å². The third kappa shape index (κ3) is 3.98. The lowest BCUT2D eigenvalue weighted by molar-refractivity contribution is -0.385. The van der Waals surface area contributed by atoms with Crippen LogP contribution in [0.5, 0.6) is 11.6 Å². The summed E-state index contributed by atoms with van der Waals surface area (Å²) in [6, 6.07) is 3.32. The van der Waals surface area contributed by atoms with Gasteiger partial charge in [0, 0.05) is 38.9 Å². The molecule has 0 atom stereocenters. The molecule has 0 amide bonds. The number of pyridine rings is 1. The molecule has 2 aromatic heterocycles. The van der Waals surface area contributed by atoms with Crippen LogP contribution < -0.4 is 9.64 Å². The standard InChI is InChI=1S/C15H18N6O4/c22-9-8-19-4-6-20(7-5-19)14-13(21(23)24)15(18-11-17-14)25-12-2-1-3-16-10-12/h1-3,10-11,22H,4-9H2. The summed E-state index contributed by atoms with van der Waals surface area (Å²) in [6.45, 7) is 3.22. The van der Waals surface area contributed by atoms with Crippen molar-refractivity contribution in [3.05, 3.63) is 41.0 Å². The minimum atomic E-state index is -0.527. The van der Waals surface area contributed by atoms with Gasteiger partial charge in [0.1, 0.15) is 12.1 Å². The molecule has 132 valence electrons. The van der Waals surface area contributed by atoms with Crippen molar-refractivity contribution < 1.29 is 14.8 Å². The number of rotatable bonds is 6. The number of ether oxygens (including phenoxy) is 1. The summed E-state index contributed by atoms with van der Waals surface area (Å²) >= 11 is 0. The number of anilines is 1. The topological polar surface area (TPSA) is 118 Å². The minimum absolute atomic E-state index is 0.0940. The van der Waals surface area contributed by atoms with Crippen molar-refractivity contribution in [3.63, 3.8) is 0 Å². The number of nitrogens with zero attached hydrogens (tertiary/aromatic N) is 6. The van der Waals surface area contributed by atoms with Gasteiger partial charge in [-0.25, -0.2) is 4.98 Å². The monoisotopic (exact) mass is 346 g/mol. The van der Waals surface area contributed by atoms with Gasteiger partial charge in [0.15, 0.2) is 0 Å². The molecule has 1 saturated heterocycles. The number of aromatic nitrogens is 3. The van der Waals surface area contributed by atoms with Gasteiger partial charge in [0.25, 0.3) is 0 Å². The van der Waals surface area contributed by atoms with E-state index in [-0.39, 0.29) is 24.0 Å². The van der Waals surface area contributed by atoms with Crippen LogP contribution in [0.15, 0.2) is 30.9 Å². The molecule has 0 bridgehead atoms. The number of hydrogen-bond donors (Lipinski definition) is 1. The van der Waals surface area contributed by atoms with Crippen molar-refractivity contribution in [3.8, 4) is 11.6 Å². The maximum atomic E-state index is 11.6. The lowest BCUT2D eigenvalue weighted by atomic mass is 10.3. The van der Waals surface area contributed by atoms with E-state index in [4.69, 9.17) is 9.84 Å². The summed E-state index contributed by atoms with van der Waals surface area (Å²) in [4.78, 5) is 27.0. The van der Waals surface area contributed by atoms with E-state index < -0.39 is 4.92 Å². The van der Waals surface area contributed by atoms with Crippen molar-refractivity contribution in [1.29, 1.82) is 0 Å². The van der Waals surface area contributed by atoms with Crippen LogP contribution in [-0.2, 0) is 0 Å². The van der Waals surface area contributed by atoms with Gasteiger partial charge in [-0.15, -0.1) is 0 Å². The molecule has 0 saturated carbocycles. The van der Waals surface area contributed by atoms with E-state index in [1.807, 2.05) is 4.90 Å². The molecule has 0 aromatic carbocycles. The van der Waals surface area contributed by atoms with E-state index in [0.29, 0.717) is 38.5 Å². The Labute approximate surface area is 143 Å². The SMILES string of the molecule is O=[N+]([O-])c1c(Oc2cccnc2)ncnc1N1CCN(CCO)CC1. The second kappa shape index (κ2) is 7.81. The van der Waals surface area contributed by atoms with E-state index >= 15 is 0 Å². The van der Waals surface area contributed by atoms with Gasteiger partial charge < -0.3 is 14.7 Å². The Hall–Kier alpha value is -2.85. The van der Waals surface area contributed by atoms with Gasteiger partial charge in [-0.2, -0.15) is 4.98 Å². The molecule has 10 heteroatoms. The average Bonchev–Trinajstić information content (AvgIpc) is 2.63. The second-order valence-corrected chi connectivity index (χ2v) is 5.45. The van der Waals surface area contributed by atoms with E-state index in [9.17, 15) is 10.1 Å². The summed E-state index contributed by atoms with van der Waals surface area (Å²) < 4.78 is 5.54. The highest BCUT2D eigenvalue weighted by Gasteiger charge is 2.30. The van der Waals surface area contributed by atoms with Crippen LogP contribution in [0.3, 0.4) is 0 Å². The summed E-state index contributed by atoms with van der Waals surface area (Å²) in [7, 11) is 0. The predicted molar refractivity (Wildman–Crippen MR) is 88.7 cm³/mol. The van der Waals surface area contributed by atoms with Gasteiger partial charge in [-0.05, 0) is 12.1 Å². The van der Waals surface area contributed by atoms with Crippen LogP contribution in [-0.4, -0.2) is 69.2 Å². The highest BCUT2D eigenvalue weighted by Crippen LogP contribution is 2.36. The van der Waals surface area contributed by atoms with Gasteiger partial charge in [-0.3, -0.25) is 20.0 Å². The molecular weight excluding hydrogens is 328 g/mol. The first kappa shape index (κ1) is 17.0. The Kier molecular flexibility index (Phi) is 5.31. The number of β-amino-alcohol motifs (C(OH)–C–C–N with tert-alkyl or cyclic N) is 1. The largest absolute Gasteiger partial charge is 0.432 e. The smallest absolute Gasteiger partial charge is 0.373 e. The van der Waals surface area contributed by atoms with E-state index in [2.05, 4.69) is 19.9 Å². The first-order valence-corrected chi connectivity index (χ1v) is 7.84. The quantitative estimate of drug-likeness (QED) is 0.595. The Morgan fingerprint density at radius 3 is 2.72 bits per heavy atom. The first-order chi connectivity index (χ1) is 12.2. The lowest BCUT2D eigenvalue weighted by Gasteiger charge is -2.34. The predicted octanol–water partition coefficient (Wildman–Crippen LogP) is 0.686. The minimum Gasteiger partial charge on any atom is -0.432 e. The number of aliphatic hydroxyl groups excluding tert-OH is 1. The molecule has 0 radical (unpaired) electrons. The average molecular weight is 346 g/mol. The highest BCUT2D eigenvalue weighted by molar-refractivity contribution is 5.63. The third-order valence-electron chi connectivity index (χ3n) is 3.89. The van der Waals surface area contributed by atoms with Gasteiger partial charge >= 0.3 is 11.6 Å². The van der Waals surface area contributed by atoms with Crippen LogP contribution in [0.4, 0.5) is 11.5 Å². The molecule has 1 aliphatic rings. The van der Waals surface area contributed by atoms with E-state index in [0.717, 1.165) is 0 Å². The second-order valence-electron chi connectivity index (χ2n) is 5.45. The lowest BCUT2D eigenvalue weighted by Crippen LogP contribution is -2.47. The molecule has 25 heavy (non-hydrogen) atoms. The molecule has 0 spiro atoms. The Morgan fingerprint density at radius 1 is 1.28 bits per heavy atom. The van der Waals surface area contributed by atoms with Gasteiger partial charge in [0.2, 0.25) is 5.82 Å². The molecule has 1 N–H and O–H groups in total. The molecule has 10 nitrogen and oxygen atoms in total. The molecule has 1 aliphatic heterocycles. The fourth-order valence-corrected chi connectivity index (χ4v) is 2.66. The van der Waals surface area contributed by atoms with E-state index in [1.165, 1.54) is 12.5 Å². The van der Waals surface area contributed by atoms with Crippen molar-refractivity contribution in [2.45, 2.75) is 0 Å². The Balaban J connectivity index is 1.85. The maximum absolute atomic E-state index is 11.6. The van der Waals surface area contributed by atoms with Crippen LogP contribution in [0.2, 0.25) is 0 Å². The highest BCUT2D eigenvalue weighted by atomic mass is 16.6. The molecule has 3 heterocycles.